The van der Waals surface area contributed by atoms with E-state index in [0.717, 1.165) is 12.6 Å². The molecule has 1 aromatic rings. The highest BCUT2D eigenvalue weighted by Crippen LogP contribution is 2.19. The number of hydrogen-bond donors (Lipinski definition) is 1. The maximum absolute atomic E-state index is 3.53. The Kier molecular flexibility index (Phi) is 4.08. The molecule has 0 radical (unpaired) electrons. The minimum absolute atomic E-state index is 0.794. The summed E-state index contributed by atoms with van der Waals surface area (Å²) in [6.45, 7) is 3.22. The molecule has 2 heteroatoms. The van der Waals surface area contributed by atoms with Crippen molar-refractivity contribution in [3.8, 4) is 0 Å². The third-order valence-corrected chi connectivity index (χ3v) is 3.52. The third-order valence-electron chi connectivity index (χ3n) is 2.78. The van der Waals surface area contributed by atoms with Crippen molar-refractivity contribution in [1.82, 2.24) is 5.32 Å². The molecule has 0 bridgehead atoms. The molecule has 1 N–H and O–H groups in total. The van der Waals surface area contributed by atoms with E-state index in [0.29, 0.717) is 0 Å². The second-order valence-corrected chi connectivity index (χ2v) is 5.30. The molecule has 1 aromatic carbocycles. The van der Waals surface area contributed by atoms with Crippen molar-refractivity contribution in [2.45, 2.75) is 30.7 Å². The van der Waals surface area contributed by atoms with Gasteiger partial charge in [0.25, 0.3) is 0 Å². The lowest BCUT2D eigenvalue weighted by Gasteiger charge is -2.03. The molecule has 86 valence electrons. The Morgan fingerprint density at radius 2 is 2.06 bits per heavy atom. The number of benzene rings is 1. The third kappa shape index (κ3) is 3.69. The Morgan fingerprint density at radius 1 is 1.38 bits per heavy atom. The highest BCUT2D eigenvalue weighted by atomic mass is 32.2. The number of nitrogens with one attached hydrogen (secondary N) is 1. The average molecular weight is 233 g/mol. The lowest BCUT2D eigenvalue weighted by atomic mass is 10.1. The van der Waals surface area contributed by atoms with Crippen molar-refractivity contribution in [3.63, 3.8) is 0 Å². The van der Waals surface area contributed by atoms with Crippen LogP contribution in [0.15, 0.2) is 34.7 Å². The summed E-state index contributed by atoms with van der Waals surface area (Å²) in [4.78, 5) is 1.32. The molecule has 0 saturated heterocycles. The number of rotatable bonds is 5. The van der Waals surface area contributed by atoms with Crippen LogP contribution in [0.2, 0.25) is 0 Å². The Bertz CT molecular complexity index is 363. The largest absolute Gasteiger partial charge is 0.310 e. The summed E-state index contributed by atoms with van der Waals surface area (Å²) >= 11 is 1.79. The fraction of sp³-hybridized carbons (Fsp3) is 0.429. The van der Waals surface area contributed by atoms with E-state index in [4.69, 9.17) is 0 Å². The molecule has 0 aliphatic heterocycles. The quantitative estimate of drug-likeness (QED) is 0.780. The van der Waals surface area contributed by atoms with E-state index in [-0.39, 0.29) is 0 Å². The molecule has 1 aliphatic rings. The molecule has 0 unspecified atom stereocenters. The zero-order valence-electron chi connectivity index (χ0n) is 9.99. The molecule has 1 aliphatic carbocycles. The molecule has 1 fully saturated rings. The van der Waals surface area contributed by atoms with Gasteiger partial charge in [-0.1, -0.05) is 23.8 Å². The molecular formula is C14H19NS. The topological polar surface area (TPSA) is 12.0 Å². The van der Waals surface area contributed by atoms with E-state index in [2.05, 4.69) is 48.8 Å². The second-order valence-electron chi connectivity index (χ2n) is 4.42. The molecule has 2 rings (SSSR count). The standard InChI is InChI=1S/C14H19NS/c1-11(10-15-13-5-6-13)9-12-3-7-14(16-2)8-4-12/h3-4,7-9,13,15H,5-6,10H2,1-2H3. The van der Waals surface area contributed by atoms with Gasteiger partial charge >= 0.3 is 0 Å². The second kappa shape index (κ2) is 5.55. The first-order valence-electron chi connectivity index (χ1n) is 5.82. The van der Waals surface area contributed by atoms with Crippen LogP contribution in [0.4, 0.5) is 0 Å². The normalized spacial score (nSPS) is 16.5. The van der Waals surface area contributed by atoms with Crippen LogP contribution in [-0.4, -0.2) is 18.8 Å². The van der Waals surface area contributed by atoms with Crippen molar-refractivity contribution < 1.29 is 0 Å². The highest BCUT2D eigenvalue weighted by Gasteiger charge is 2.19. The van der Waals surface area contributed by atoms with Crippen LogP contribution in [0.25, 0.3) is 6.08 Å². The van der Waals surface area contributed by atoms with Crippen molar-refractivity contribution >= 4 is 17.8 Å². The SMILES string of the molecule is CSc1ccc(C=C(C)CNC2CC2)cc1. The van der Waals surface area contributed by atoms with Gasteiger partial charge in [-0.3, -0.25) is 0 Å². The van der Waals surface area contributed by atoms with Crippen LogP contribution in [0.3, 0.4) is 0 Å². The van der Waals surface area contributed by atoms with Crippen molar-refractivity contribution in [2.24, 2.45) is 0 Å². The van der Waals surface area contributed by atoms with Crippen molar-refractivity contribution in [2.75, 3.05) is 12.8 Å². The number of hydrogen-bond acceptors (Lipinski definition) is 2. The smallest absolute Gasteiger partial charge is 0.0167 e. The molecule has 16 heavy (non-hydrogen) atoms. The van der Waals surface area contributed by atoms with E-state index in [9.17, 15) is 0 Å². The van der Waals surface area contributed by atoms with Gasteiger partial charge in [-0.15, -0.1) is 11.8 Å². The highest BCUT2D eigenvalue weighted by molar-refractivity contribution is 7.98. The van der Waals surface area contributed by atoms with Gasteiger partial charge in [0, 0.05) is 17.5 Å². The maximum atomic E-state index is 3.53. The van der Waals surface area contributed by atoms with Gasteiger partial charge in [-0.25, -0.2) is 0 Å². The van der Waals surface area contributed by atoms with E-state index in [1.54, 1.807) is 11.8 Å². The minimum atomic E-state index is 0.794. The van der Waals surface area contributed by atoms with Gasteiger partial charge in [-0.05, 0) is 43.7 Å². The first kappa shape index (κ1) is 11.7. The average Bonchev–Trinajstić information content (AvgIpc) is 3.11. The monoisotopic (exact) mass is 233 g/mol. The van der Waals surface area contributed by atoms with Crippen LogP contribution in [0.1, 0.15) is 25.3 Å². The van der Waals surface area contributed by atoms with E-state index in [1.165, 1.54) is 28.9 Å². The predicted octanol–water partition coefficient (Wildman–Crippen LogP) is 3.56. The van der Waals surface area contributed by atoms with Crippen molar-refractivity contribution in [1.29, 1.82) is 0 Å². The Hall–Kier alpha value is -0.730. The van der Waals surface area contributed by atoms with Crippen LogP contribution in [-0.2, 0) is 0 Å². The fourth-order valence-electron chi connectivity index (χ4n) is 1.63. The zero-order valence-corrected chi connectivity index (χ0v) is 10.8. The lowest BCUT2D eigenvalue weighted by Crippen LogP contribution is -2.18. The van der Waals surface area contributed by atoms with E-state index < -0.39 is 0 Å². The summed E-state index contributed by atoms with van der Waals surface area (Å²) < 4.78 is 0. The molecule has 1 saturated carbocycles. The summed E-state index contributed by atoms with van der Waals surface area (Å²) in [5.41, 5.74) is 2.71. The maximum Gasteiger partial charge on any atom is 0.0167 e. The van der Waals surface area contributed by atoms with Gasteiger partial charge in [0.05, 0.1) is 0 Å². The summed E-state index contributed by atoms with van der Waals surface area (Å²) in [7, 11) is 0. The molecule has 1 nitrogen and oxygen atoms in total. The molecule has 0 spiro atoms. The lowest BCUT2D eigenvalue weighted by molar-refractivity contribution is 0.736. The Labute approximate surface area is 102 Å². The van der Waals surface area contributed by atoms with Gasteiger partial charge in [0.1, 0.15) is 0 Å². The van der Waals surface area contributed by atoms with E-state index >= 15 is 0 Å². The summed E-state index contributed by atoms with van der Waals surface area (Å²) in [5.74, 6) is 0. The van der Waals surface area contributed by atoms with E-state index in [1.807, 2.05) is 0 Å². The predicted molar refractivity (Wildman–Crippen MR) is 72.9 cm³/mol. The Morgan fingerprint density at radius 3 is 2.62 bits per heavy atom. The van der Waals surface area contributed by atoms with Gasteiger partial charge in [0.15, 0.2) is 0 Å². The molecule has 0 amide bonds. The fourth-order valence-corrected chi connectivity index (χ4v) is 2.04. The van der Waals surface area contributed by atoms with Crippen LogP contribution < -0.4 is 5.32 Å². The van der Waals surface area contributed by atoms with Gasteiger partial charge < -0.3 is 5.32 Å². The molecule has 0 atom stereocenters. The first-order chi connectivity index (χ1) is 7.78. The minimum Gasteiger partial charge on any atom is -0.310 e. The summed E-state index contributed by atoms with van der Waals surface area (Å²) in [6.07, 6.45) is 7.08. The van der Waals surface area contributed by atoms with Crippen LogP contribution >= 0.6 is 11.8 Å². The van der Waals surface area contributed by atoms with Crippen LogP contribution in [0.5, 0.6) is 0 Å². The van der Waals surface area contributed by atoms with Gasteiger partial charge in [0.2, 0.25) is 0 Å². The van der Waals surface area contributed by atoms with Crippen LogP contribution in [0, 0.1) is 0 Å². The van der Waals surface area contributed by atoms with Crippen molar-refractivity contribution in [3.05, 3.63) is 35.4 Å². The summed E-state index contributed by atoms with van der Waals surface area (Å²) in [5, 5.41) is 3.53. The summed E-state index contributed by atoms with van der Waals surface area (Å²) in [6, 6.07) is 9.52. The zero-order chi connectivity index (χ0) is 11.4. The van der Waals surface area contributed by atoms with Gasteiger partial charge in [-0.2, -0.15) is 0 Å². The number of thioether (sulfide) groups is 1. The molecule has 0 aromatic heterocycles. The first-order valence-corrected chi connectivity index (χ1v) is 7.05. The molecule has 0 heterocycles. The molecular weight excluding hydrogens is 214 g/mol. The Balaban J connectivity index is 1.91.